The zero-order valence-corrected chi connectivity index (χ0v) is 15.0. The lowest BCUT2D eigenvalue weighted by atomic mass is 10.2. The van der Waals surface area contributed by atoms with Gasteiger partial charge in [-0.25, -0.2) is 14.7 Å². The van der Waals surface area contributed by atoms with Crippen molar-refractivity contribution in [2.24, 2.45) is 4.99 Å². The number of anilines is 2. The van der Waals surface area contributed by atoms with E-state index >= 15 is 0 Å². The zero-order valence-electron chi connectivity index (χ0n) is 14.3. The number of aromatic nitrogens is 6. The molecule has 3 heterocycles. The molecule has 1 aromatic carbocycles. The average Bonchev–Trinajstić information content (AvgIpc) is 3.37. The molecule has 0 aliphatic heterocycles. The first kappa shape index (κ1) is 17.4. The highest BCUT2D eigenvalue weighted by atomic mass is 35.5. The molecule has 0 aliphatic rings. The topological polar surface area (TPSA) is 120 Å². The van der Waals surface area contributed by atoms with Gasteiger partial charge in [0.25, 0.3) is 0 Å². The van der Waals surface area contributed by atoms with Gasteiger partial charge in [-0.05, 0) is 24.3 Å². The molecule has 0 unspecified atom stereocenters. The number of hydrogen-bond acceptors (Lipinski definition) is 7. The molecule has 0 atom stereocenters. The Morgan fingerprint density at radius 2 is 2.18 bits per heavy atom. The molecule has 0 aliphatic carbocycles. The summed E-state index contributed by atoms with van der Waals surface area (Å²) in [5.41, 5.74) is 2.49. The van der Waals surface area contributed by atoms with Gasteiger partial charge in [-0.2, -0.15) is 15.5 Å². The maximum absolute atomic E-state index is 9.51. The minimum atomic E-state index is 0.262. The first-order valence-electron chi connectivity index (χ1n) is 8.08. The molecular formula is C18H12ClN9. The number of rotatable bonds is 5. The van der Waals surface area contributed by atoms with Gasteiger partial charge in [0.2, 0.25) is 0 Å². The van der Waals surface area contributed by atoms with Crippen molar-refractivity contribution < 1.29 is 0 Å². The molecule has 9 nitrogen and oxygen atoms in total. The maximum atomic E-state index is 9.51. The maximum Gasteiger partial charge on any atom is 0.193 e. The number of benzene rings is 1. The van der Waals surface area contributed by atoms with Gasteiger partial charge in [0.15, 0.2) is 5.82 Å². The summed E-state index contributed by atoms with van der Waals surface area (Å²) in [6, 6.07) is 11.1. The Morgan fingerprint density at radius 1 is 1.25 bits per heavy atom. The third-order valence-electron chi connectivity index (χ3n) is 3.72. The van der Waals surface area contributed by atoms with Crippen molar-refractivity contribution in [1.82, 2.24) is 29.9 Å². The van der Waals surface area contributed by atoms with Crippen LogP contribution in [0.15, 0.2) is 60.4 Å². The molecule has 3 aromatic heterocycles. The Hall–Kier alpha value is -4.03. The molecule has 4 rings (SSSR count). The van der Waals surface area contributed by atoms with E-state index < -0.39 is 0 Å². The Bertz CT molecular complexity index is 1170. The Morgan fingerprint density at radius 3 is 2.96 bits per heavy atom. The van der Waals surface area contributed by atoms with Gasteiger partial charge < -0.3 is 5.32 Å². The molecule has 0 radical (unpaired) electrons. The lowest BCUT2D eigenvalue weighted by Crippen LogP contribution is -1.96. The van der Waals surface area contributed by atoms with E-state index in [1.165, 1.54) is 6.33 Å². The quantitative estimate of drug-likeness (QED) is 0.504. The lowest BCUT2D eigenvalue weighted by molar-refractivity contribution is 0.872. The first-order valence-corrected chi connectivity index (χ1v) is 8.46. The van der Waals surface area contributed by atoms with Crippen molar-refractivity contribution >= 4 is 35.1 Å². The Labute approximate surface area is 164 Å². The predicted octanol–water partition coefficient (Wildman–Crippen LogP) is 3.40. The first-order chi connectivity index (χ1) is 13.7. The van der Waals surface area contributed by atoms with E-state index in [1.807, 2.05) is 12.1 Å². The molecule has 0 fully saturated rings. The van der Waals surface area contributed by atoms with E-state index in [4.69, 9.17) is 11.6 Å². The number of hydrogen-bond donors (Lipinski definition) is 2. The number of aromatic amines is 1. The summed E-state index contributed by atoms with van der Waals surface area (Å²) in [7, 11) is 0. The number of nitriles is 1. The lowest BCUT2D eigenvalue weighted by Gasteiger charge is -2.03. The van der Waals surface area contributed by atoms with Gasteiger partial charge in [0.05, 0.1) is 11.9 Å². The van der Waals surface area contributed by atoms with E-state index in [0.29, 0.717) is 10.8 Å². The van der Waals surface area contributed by atoms with Crippen LogP contribution < -0.4 is 5.32 Å². The molecule has 0 amide bonds. The van der Waals surface area contributed by atoms with Crippen molar-refractivity contribution in [1.29, 1.82) is 5.26 Å². The van der Waals surface area contributed by atoms with Crippen LogP contribution in [0.25, 0.3) is 5.69 Å². The van der Waals surface area contributed by atoms with Crippen LogP contribution in [0.1, 0.15) is 11.1 Å². The van der Waals surface area contributed by atoms with Gasteiger partial charge in [-0.1, -0.05) is 17.7 Å². The molecule has 10 heteroatoms. The summed E-state index contributed by atoms with van der Waals surface area (Å²) < 4.78 is 1.59. The molecule has 0 saturated heterocycles. The van der Waals surface area contributed by atoms with E-state index in [-0.39, 0.29) is 11.4 Å². The minimum Gasteiger partial charge on any atom is -0.339 e. The van der Waals surface area contributed by atoms with E-state index in [9.17, 15) is 5.26 Å². The SMILES string of the molecule is N#Cc1c(N=Cc2cncc(-n3cncn3)c2)n[nH]c1Nc1cccc(Cl)c1. The fourth-order valence-corrected chi connectivity index (χ4v) is 2.64. The normalized spacial score (nSPS) is 10.9. The standard InChI is InChI=1S/C18H12ClN9/c19-13-2-1-3-14(5-13)25-18-16(6-20)17(26-27-18)23-8-12-4-15(9-21-7-12)28-11-22-10-24-28/h1-5,7-11H,(H2,25,26,27). The highest BCUT2D eigenvalue weighted by molar-refractivity contribution is 6.30. The number of aliphatic imine (C=N–C) groups is 1. The van der Waals surface area contributed by atoms with Crippen LogP contribution in [0.4, 0.5) is 17.3 Å². The molecule has 28 heavy (non-hydrogen) atoms. The van der Waals surface area contributed by atoms with Gasteiger partial charge >= 0.3 is 0 Å². The van der Waals surface area contributed by atoms with Crippen LogP contribution in [0.3, 0.4) is 0 Å². The molecule has 136 valence electrons. The van der Waals surface area contributed by atoms with Crippen molar-refractivity contribution in [3.63, 3.8) is 0 Å². The summed E-state index contributed by atoms with van der Waals surface area (Å²) in [5.74, 6) is 0.699. The largest absolute Gasteiger partial charge is 0.339 e. The third-order valence-corrected chi connectivity index (χ3v) is 3.95. The van der Waals surface area contributed by atoms with Gasteiger partial charge in [0.1, 0.15) is 30.1 Å². The van der Waals surface area contributed by atoms with Crippen LogP contribution in [-0.4, -0.2) is 36.2 Å². The van der Waals surface area contributed by atoms with E-state index in [1.54, 1.807) is 47.8 Å². The summed E-state index contributed by atoms with van der Waals surface area (Å²) in [5, 5.41) is 24.1. The van der Waals surface area contributed by atoms with Crippen molar-refractivity contribution in [2.75, 3.05) is 5.32 Å². The molecule has 0 spiro atoms. The second kappa shape index (κ2) is 7.69. The number of nitrogens with zero attached hydrogens (tertiary/aromatic N) is 7. The smallest absolute Gasteiger partial charge is 0.193 e. The number of nitrogens with one attached hydrogen (secondary N) is 2. The van der Waals surface area contributed by atoms with Crippen LogP contribution in [0.2, 0.25) is 5.02 Å². The fourth-order valence-electron chi connectivity index (χ4n) is 2.45. The predicted molar refractivity (Wildman–Crippen MR) is 104 cm³/mol. The molecule has 0 saturated carbocycles. The molecule has 4 aromatic rings. The van der Waals surface area contributed by atoms with Gasteiger partial charge in [-0.3, -0.25) is 10.1 Å². The van der Waals surface area contributed by atoms with Gasteiger partial charge in [-0.15, -0.1) is 0 Å². The summed E-state index contributed by atoms with van der Waals surface area (Å²) >= 11 is 5.99. The van der Waals surface area contributed by atoms with Crippen molar-refractivity contribution in [2.45, 2.75) is 0 Å². The van der Waals surface area contributed by atoms with Crippen LogP contribution >= 0.6 is 11.6 Å². The minimum absolute atomic E-state index is 0.262. The van der Waals surface area contributed by atoms with Crippen molar-refractivity contribution in [3.8, 4) is 11.8 Å². The number of halogens is 1. The Kier molecular flexibility index (Phi) is 4.78. The highest BCUT2D eigenvalue weighted by Gasteiger charge is 2.12. The van der Waals surface area contributed by atoms with Crippen LogP contribution in [-0.2, 0) is 0 Å². The zero-order chi connectivity index (χ0) is 19.3. The third kappa shape index (κ3) is 3.72. The van der Waals surface area contributed by atoms with Gasteiger partial charge in [0, 0.05) is 28.7 Å². The number of H-pyrrole nitrogens is 1. The molecule has 0 bridgehead atoms. The highest BCUT2D eigenvalue weighted by Crippen LogP contribution is 2.26. The second-order valence-corrected chi connectivity index (χ2v) is 6.06. The van der Waals surface area contributed by atoms with Crippen LogP contribution in [0, 0.1) is 11.3 Å². The fraction of sp³-hybridized carbons (Fsp3) is 0. The summed E-state index contributed by atoms with van der Waals surface area (Å²) in [6.45, 7) is 0. The Balaban J connectivity index is 1.58. The molecular weight excluding hydrogens is 378 g/mol. The second-order valence-electron chi connectivity index (χ2n) is 5.62. The van der Waals surface area contributed by atoms with E-state index in [2.05, 4.69) is 41.6 Å². The monoisotopic (exact) mass is 389 g/mol. The summed E-state index contributed by atoms with van der Waals surface area (Å²) in [6.07, 6.45) is 7.90. The average molecular weight is 390 g/mol. The molecule has 2 N–H and O–H groups in total. The summed E-state index contributed by atoms with van der Waals surface area (Å²) in [4.78, 5) is 12.4. The number of pyridine rings is 1. The van der Waals surface area contributed by atoms with Crippen molar-refractivity contribution in [3.05, 3.63) is 71.5 Å². The van der Waals surface area contributed by atoms with Crippen LogP contribution in [0.5, 0.6) is 0 Å². The van der Waals surface area contributed by atoms with E-state index in [0.717, 1.165) is 16.9 Å².